The van der Waals surface area contributed by atoms with Gasteiger partial charge in [-0.15, -0.1) is 0 Å². The molecule has 0 heterocycles. The summed E-state index contributed by atoms with van der Waals surface area (Å²) in [6.07, 6.45) is 0. The lowest BCUT2D eigenvalue weighted by molar-refractivity contribution is 0.0698. The van der Waals surface area contributed by atoms with Crippen LogP contribution >= 0.6 is 11.6 Å². The van der Waals surface area contributed by atoms with Gasteiger partial charge in [0.2, 0.25) is 10.0 Å². The lowest BCUT2D eigenvalue weighted by Crippen LogP contribution is -2.36. The summed E-state index contributed by atoms with van der Waals surface area (Å²) < 4.78 is 37.0. The van der Waals surface area contributed by atoms with Crippen LogP contribution in [0.25, 0.3) is 0 Å². The first kappa shape index (κ1) is 24.8. The molecule has 0 bridgehead atoms. The number of anilines is 1. The Morgan fingerprint density at radius 2 is 1.61 bits per heavy atom. The first-order chi connectivity index (χ1) is 14.7. The van der Waals surface area contributed by atoms with E-state index in [1.807, 2.05) is 0 Å². The number of halogens is 1. The van der Waals surface area contributed by atoms with E-state index in [1.54, 1.807) is 0 Å². The average molecular weight is 471 g/mol. The fourth-order valence-corrected chi connectivity index (χ4v) is 4.24. The second-order valence-electron chi connectivity index (χ2n) is 6.36. The van der Waals surface area contributed by atoms with E-state index in [0.717, 1.165) is 0 Å². The molecule has 0 saturated carbocycles. The summed E-state index contributed by atoms with van der Waals surface area (Å²) in [4.78, 5) is 23.9. The maximum absolute atomic E-state index is 12.9. The topological polar surface area (TPSA) is 122 Å². The summed E-state index contributed by atoms with van der Waals surface area (Å²) in [6, 6.07) is 9.39. The summed E-state index contributed by atoms with van der Waals surface area (Å²) in [6.45, 7) is 0.741. The van der Waals surface area contributed by atoms with Gasteiger partial charge in [0, 0.05) is 37.9 Å². The van der Waals surface area contributed by atoms with Crippen molar-refractivity contribution in [3.63, 3.8) is 0 Å². The molecule has 31 heavy (non-hydrogen) atoms. The summed E-state index contributed by atoms with van der Waals surface area (Å²) in [5.74, 6) is -1.84. The standard InChI is InChI=1S/C20H23ClN2O7S/c1-29-11-9-23(10-12-30-2)31(27,28)16-6-3-14(4-7-16)19(24)22-18-8-5-15(21)13-17(18)20(25)26/h3-8,13H,9-12H2,1-2H3,(H,22,24)(H,25,26). The number of nitrogens with zero attached hydrogens (tertiary/aromatic N) is 1. The maximum atomic E-state index is 12.9. The molecule has 0 aliphatic rings. The number of nitrogens with one attached hydrogen (secondary N) is 1. The van der Waals surface area contributed by atoms with Gasteiger partial charge in [-0.3, -0.25) is 4.79 Å². The minimum atomic E-state index is -3.82. The van der Waals surface area contributed by atoms with Crippen molar-refractivity contribution in [1.82, 2.24) is 4.31 Å². The van der Waals surface area contributed by atoms with Gasteiger partial charge >= 0.3 is 5.97 Å². The Balaban J connectivity index is 2.22. The molecular formula is C20H23ClN2O7S. The number of ether oxygens (including phenoxy) is 2. The van der Waals surface area contributed by atoms with Crippen molar-refractivity contribution in [2.45, 2.75) is 4.90 Å². The normalized spacial score (nSPS) is 11.5. The van der Waals surface area contributed by atoms with Gasteiger partial charge < -0.3 is 19.9 Å². The number of carbonyl (C=O) groups is 2. The van der Waals surface area contributed by atoms with Crippen molar-refractivity contribution in [1.29, 1.82) is 0 Å². The fraction of sp³-hybridized carbons (Fsp3) is 0.300. The molecule has 0 unspecified atom stereocenters. The van der Waals surface area contributed by atoms with Crippen molar-refractivity contribution in [2.24, 2.45) is 0 Å². The van der Waals surface area contributed by atoms with Gasteiger partial charge in [0.1, 0.15) is 0 Å². The van der Waals surface area contributed by atoms with Gasteiger partial charge in [0.05, 0.1) is 29.4 Å². The molecule has 1 amide bonds. The minimum absolute atomic E-state index is 0.00831. The Kier molecular flexibility index (Phi) is 8.96. The predicted molar refractivity (Wildman–Crippen MR) is 115 cm³/mol. The van der Waals surface area contributed by atoms with E-state index in [1.165, 1.54) is 61.0 Å². The van der Waals surface area contributed by atoms with Crippen LogP contribution in [0.15, 0.2) is 47.4 Å². The number of carboxylic acid groups (broad SMARTS) is 1. The van der Waals surface area contributed by atoms with E-state index < -0.39 is 21.9 Å². The summed E-state index contributed by atoms with van der Waals surface area (Å²) in [5.41, 5.74) is 0.0708. The van der Waals surface area contributed by atoms with Crippen molar-refractivity contribution in [2.75, 3.05) is 45.8 Å². The van der Waals surface area contributed by atoms with E-state index in [2.05, 4.69) is 5.32 Å². The highest BCUT2D eigenvalue weighted by Gasteiger charge is 2.24. The number of benzene rings is 2. The van der Waals surface area contributed by atoms with Gasteiger partial charge in [-0.2, -0.15) is 4.31 Å². The zero-order valence-electron chi connectivity index (χ0n) is 17.0. The molecule has 0 radical (unpaired) electrons. The van der Waals surface area contributed by atoms with Gasteiger partial charge in [-0.05, 0) is 42.5 Å². The zero-order chi connectivity index (χ0) is 23.0. The third-order valence-electron chi connectivity index (χ3n) is 4.30. The summed E-state index contributed by atoms with van der Waals surface area (Å²) >= 11 is 5.81. The molecule has 9 nitrogen and oxygen atoms in total. The maximum Gasteiger partial charge on any atom is 0.337 e. The first-order valence-corrected chi connectivity index (χ1v) is 10.9. The number of carboxylic acids is 1. The third-order valence-corrected chi connectivity index (χ3v) is 6.45. The monoisotopic (exact) mass is 470 g/mol. The van der Waals surface area contributed by atoms with Gasteiger partial charge in [-0.1, -0.05) is 11.6 Å². The Bertz CT molecular complexity index is 1020. The molecule has 2 aromatic rings. The second-order valence-corrected chi connectivity index (χ2v) is 8.74. The van der Waals surface area contributed by atoms with Crippen LogP contribution in [0.3, 0.4) is 0 Å². The fourth-order valence-electron chi connectivity index (χ4n) is 2.66. The van der Waals surface area contributed by atoms with Crippen LogP contribution in [0.2, 0.25) is 5.02 Å². The third kappa shape index (κ3) is 6.49. The van der Waals surface area contributed by atoms with Gasteiger partial charge in [0.15, 0.2) is 0 Å². The number of aromatic carboxylic acids is 1. The molecule has 0 fully saturated rings. The van der Waals surface area contributed by atoms with Gasteiger partial charge in [0.25, 0.3) is 5.91 Å². The number of sulfonamides is 1. The van der Waals surface area contributed by atoms with E-state index in [9.17, 15) is 23.1 Å². The van der Waals surface area contributed by atoms with Crippen molar-refractivity contribution >= 4 is 39.2 Å². The second kappa shape index (κ2) is 11.2. The van der Waals surface area contributed by atoms with E-state index in [0.29, 0.717) is 0 Å². The molecule has 0 atom stereocenters. The van der Waals surface area contributed by atoms with E-state index in [4.69, 9.17) is 21.1 Å². The van der Waals surface area contributed by atoms with Crippen LogP contribution in [0.5, 0.6) is 0 Å². The molecule has 0 saturated heterocycles. The first-order valence-electron chi connectivity index (χ1n) is 9.13. The van der Waals surface area contributed by atoms with E-state index in [-0.39, 0.29) is 53.0 Å². The van der Waals surface area contributed by atoms with Crippen molar-refractivity contribution in [3.8, 4) is 0 Å². The molecule has 168 valence electrons. The van der Waals surface area contributed by atoms with Crippen LogP contribution < -0.4 is 5.32 Å². The highest BCUT2D eigenvalue weighted by Crippen LogP contribution is 2.22. The smallest absolute Gasteiger partial charge is 0.337 e. The van der Waals surface area contributed by atoms with Crippen LogP contribution in [0, 0.1) is 0 Å². The van der Waals surface area contributed by atoms with Crippen LogP contribution in [0.1, 0.15) is 20.7 Å². The molecule has 2 rings (SSSR count). The molecule has 2 aromatic carbocycles. The predicted octanol–water partition coefficient (Wildman–Crippen LogP) is 2.57. The van der Waals surface area contributed by atoms with Gasteiger partial charge in [-0.25, -0.2) is 13.2 Å². The molecule has 2 N–H and O–H groups in total. The SMILES string of the molecule is COCCN(CCOC)S(=O)(=O)c1ccc(C(=O)Nc2ccc(Cl)cc2C(=O)O)cc1. The molecule has 11 heteroatoms. The molecular weight excluding hydrogens is 448 g/mol. The highest BCUT2D eigenvalue weighted by molar-refractivity contribution is 7.89. The molecule has 0 aliphatic carbocycles. The minimum Gasteiger partial charge on any atom is -0.478 e. The molecule has 0 spiro atoms. The van der Waals surface area contributed by atoms with Crippen LogP contribution in [-0.2, 0) is 19.5 Å². The zero-order valence-corrected chi connectivity index (χ0v) is 18.6. The number of hydrogen-bond acceptors (Lipinski definition) is 6. The lowest BCUT2D eigenvalue weighted by Gasteiger charge is -2.21. The number of amides is 1. The largest absolute Gasteiger partial charge is 0.478 e. The molecule has 0 aliphatic heterocycles. The van der Waals surface area contributed by atoms with Crippen LogP contribution in [-0.4, -0.2) is 70.2 Å². The van der Waals surface area contributed by atoms with Crippen molar-refractivity contribution < 1.29 is 32.6 Å². The Morgan fingerprint density at radius 1 is 1.03 bits per heavy atom. The van der Waals surface area contributed by atoms with Crippen molar-refractivity contribution in [3.05, 3.63) is 58.6 Å². The summed E-state index contributed by atoms with van der Waals surface area (Å²) in [5, 5.41) is 12.0. The summed E-state index contributed by atoms with van der Waals surface area (Å²) in [7, 11) is -0.866. The number of rotatable bonds is 11. The van der Waals surface area contributed by atoms with E-state index >= 15 is 0 Å². The number of hydrogen-bond donors (Lipinski definition) is 2. The molecule has 0 aromatic heterocycles. The number of carbonyl (C=O) groups excluding carboxylic acids is 1. The van der Waals surface area contributed by atoms with Crippen LogP contribution in [0.4, 0.5) is 5.69 Å². The highest BCUT2D eigenvalue weighted by atomic mass is 35.5. The number of methoxy groups -OCH3 is 2. The average Bonchev–Trinajstić information content (AvgIpc) is 2.74. The quantitative estimate of drug-likeness (QED) is 0.517. The Morgan fingerprint density at radius 3 is 2.13 bits per heavy atom. The Hall–Kier alpha value is -2.50. The lowest BCUT2D eigenvalue weighted by atomic mass is 10.1. The Labute approximate surface area is 185 Å².